The SMILES string of the molecule is CC(C)COc1ccccc1C(=O)NC(=S)Nc1ccccc1C(=O)N1CCN(C(c2ccccc2)c2ccccc2)CC1. The van der Waals surface area contributed by atoms with Gasteiger partial charge in [0, 0.05) is 26.2 Å². The number of thiocarbonyl (C=S) groups is 1. The molecule has 1 saturated heterocycles. The van der Waals surface area contributed by atoms with Crippen molar-refractivity contribution < 1.29 is 14.3 Å². The predicted molar refractivity (Wildman–Crippen MR) is 179 cm³/mol. The lowest BCUT2D eigenvalue weighted by Crippen LogP contribution is -2.50. The lowest BCUT2D eigenvalue weighted by Gasteiger charge is -2.40. The topological polar surface area (TPSA) is 73.9 Å². The highest BCUT2D eigenvalue weighted by molar-refractivity contribution is 7.80. The first kappa shape index (κ1) is 30.9. The minimum atomic E-state index is -0.381. The maximum atomic E-state index is 13.8. The summed E-state index contributed by atoms with van der Waals surface area (Å²) < 4.78 is 5.83. The average Bonchev–Trinajstić information content (AvgIpc) is 3.05. The van der Waals surface area contributed by atoms with E-state index in [4.69, 9.17) is 17.0 Å². The van der Waals surface area contributed by atoms with Crippen LogP contribution in [0.15, 0.2) is 109 Å². The molecular weight excluding hydrogens is 568 g/mol. The van der Waals surface area contributed by atoms with Crippen LogP contribution in [0, 0.1) is 5.92 Å². The fraction of sp³-hybridized carbons (Fsp3) is 0.250. The third-order valence-electron chi connectivity index (χ3n) is 7.53. The second kappa shape index (κ2) is 14.8. The lowest BCUT2D eigenvalue weighted by molar-refractivity contribution is 0.0598. The zero-order chi connectivity index (χ0) is 30.9. The zero-order valence-corrected chi connectivity index (χ0v) is 25.9. The van der Waals surface area contributed by atoms with Gasteiger partial charge in [-0.2, -0.15) is 0 Å². The molecule has 1 aliphatic heterocycles. The van der Waals surface area contributed by atoms with Crippen LogP contribution in [-0.4, -0.2) is 59.5 Å². The molecule has 4 aromatic carbocycles. The molecule has 7 nitrogen and oxygen atoms in total. The molecular formula is C36H38N4O3S. The summed E-state index contributed by atoms with van der Waals surface area (Å²) >= 11 is 5.49. The Kier molecular flexibility index (Phi) is 10.4. The molecule has 8 heteroatoms. The number of para-hydroxylation sites is 2. The van der Waals surface area contributed by atoms with Gasteiger partial charge in [0.25, 0.3) is 11.8 Å². The molecule has 44 heavy (non-hydrogen) atoms. The first-order valence-corrected chi connectivity index (χ1v) is 15.4. The molecule has 0 unspecified atom stereocenters. The van der Waals surface area contributed by atoms with Crippen LogP contribution in [0.25, 0.3) is 0 Å². The average molecular weight is 607 g/mol. The third-order valence-corrected chi connectivity index (χ3v) is 7.74. The normalized spacial score (nSPS) is 13.5. The van der Waals surface area contributed by atoms with Crippen molar-refractivity contribution in [1.29, 1.82) is 0 Å². The van der Waals surface area contributed by atoms with E-state index in [0.717, 1.165) is 13.1 Å². The molecule has 0 spiro atoms. The number of nitrogens with one attached hydrogen (secondary N) is 2. The maximum absolute atomic E-state index is 13.8. The van der Waals surface area contributed by atoms with Gasteiger partial charge in [-0.05, 0) is 53.5 Å². The summed E-state index contributed by atoms with van der Waals surface area (Å²) in [6.07, 6.45) is 0. The van der Waals surface area contributed by atoms with Crippen molar-refractivity contribution in [2.45, 2.75) is 19.9 Å². The van der Waals surface area contributed by atoms with E-state index in [-0.39, 0.29) is 23.0 Å². The molecule has 1 heterocycles. The van der Waals surface area contributed by atoms with Crippen LogP contribution in [0.3, 0.4) is 0 Å². The summed E-state index contributed by atoms with van der Waals surface area (Å²) in [4.78, 5) is 31.1. The van der Waals surface area contributed by atoms with Crippen LogP contribution in [-0.2, 0) is 0 Å². The minimum absolute atomic E-state index is 0.0784. The molecule has 0 aliphatic carbocycles. The standard InChI is InChI=1S/C36H38N4O3S/c1-26(2)25-43-32-20-12-10-18-30(32)34(41)38-36(44)37-31-19-11-9-17-29(31)35(42)40-23-21-39(22-24-40)33(27-13-5-3-6-14-27)28-15-7-4-8-16-28/h3-20,26,33H,21-25H2,1-2H3,(H2,37,38,41,44). The highest BCUT2D eigenvalue weighted by atomic mass is 32.1. The Morgan fingerprint density at radius 1 is 0.750 bits per heavy atom. The van der Waals surface area contributed by atoms with Gasteiger partial charge in [0.2, 0.25) is 0 Å². The second-order valence-corrected chi connectivity index (χ2v) is 11.6. The molecule has 0 bridgehead atoms. The minimum Gasteiger partial charge on any atom is -0.492 e. The van der Waals surface area contributed by atoms with E-state index in [2.05, 4.69) is 64.1 Å². The lowest BCUT2D eigenvalue weighted by atomic mass is 9.96. The van der Waals surface area contributed by atoms with Crippen molar-refractivity contribution in [3.63, 3.8) is 0 Å². The van der Waals surface area contributed by atoms with E-state index in [1.54, 1.807) is 30.3 Å². The highest BCUT2D eigenvalue weighted by Crippen LogP contribution is 2.30. The van der Waals surface area contributed by atoms with Crippen molar-refractivity contribution in [3.8, 4) is 5.75 Å². The van der Waals surface area contributed by atoms with E-state index in [1.807, 2.05) is 49.1 Å². The fourth-order valence-corrected chi connectivity index (χ4v) is 5.58. The highest BCUT2D eigenvalue weighted by Gasteiger charge is 2.29. The number of hydrogen-bond donors (Lipinski definition) is 2. The number of anilines is 1. The summed E-state index contributed by atoms with van der Waals surface area (Å²) in [5.74, 6) is 0.358. The van der Waals surface area contributed by atoms with Crippen molar-refractivity contribution in [3.05, 3.63) is 131 Å². The first-order chi connectivity index (χ1) is 21.4. The molecule has 0 atom stereocenters. The first-order valence-electron chi connectivity index (χ1n) is 15.0. The molecule has 0 aromatic heterocycles. The monoisotopic (exact) mass is 606 g/mol. The van der Waals surface area contributed by atoms with E-state index >= 15 is 0 Å². The number of rotatable bonds is 9. The number of benzene rings is 4. The summed E-state index contributed by atoms with van der Waals surface area (Å²) in [7, 11) is 0. The van der Waals surface area contributed by atoms with E-state index in [1.165, 1.54) is 11.1 Å². The molecule has 1 aliphatic rings. The van der Waals surface area contributed by atoms with E-state index in [0.29, 0.717) is 48.2 Å². The number of amides is 2. The quantitative estimate of drug-likeness (QED) is 0.215. The zero-order valence-electron chi connectivity index (χ0n) is 25.1. The van der Waals surface area contributed by atoms with Crippen LogP contribution in [0.1, 0.15) is 51.7 Å². The number of piperazine rings is 1. The van der Waals surface area contributed by atoms with Crippen LogP contribution < -0.4 is 15.4 Å². The molecule has 2 N–H and O–H groups in total. The molecule has 0 saturated carbocycles. The van der Waals surface area contributed by atoms with Gasteiger partial charge in [-0.3, -0.25) is 19.8 Å². The van der Waals surface area contributed by atoms with Crippen molar-refractivity contribution >= 4 is 34.8 Å². The number of ether oxygens (including phenoxy) is 1. The molecule has 4 aromatic rings. The predicted octanol–water partition coefficient (Wildman–Crippen LogP) is 6.40. The van der Waals surface area contributed by atoms with Crippen LogP contribution in [0.2, 0.25) is 0 Å². The Balaban J connectivity index is 1.24. The van der Waals surface area contributed by atoms with Crippen LogP contribution in [0.4, 0.5) is 5.69 Å². The van der Waals surface area contributed by atoms with Gasteiger partial charge in [-0.1, -0.05) is 98.8 Å². The van der Waals surface area contributed by atoms with Crippen LogP contribution in [0.5, 0.6) is 5.75 Å². The summed E-state index contributed by atoms with van der Waals surface area (Å²) in [5.41, 5.74) is 3.90. The Morgan fingerprint density at radius 3 is 1.91 bits per heavy atom. The maximum Gasteiger partial charge on any atom is 0.261 e. The summed E-state index contributed by atoms with van der Waals surface area (Å²) in [6.45, 7) is 7.26. The van der Waals surface area contributed by atoms with Crippen LogP contribution >= 0.6 is 12.2 Å². The number of carbonyl (C=O) groups excluding carboxylic acids is 2. The van der Waals surface area contributed by atoms with E-state index < -0.39 is 0 Å². The number of hydrogen-bond acceptors (Lipinski definition) is 5. The summed E-state index contributed by atoms with van der Waals surface area (Å²) in [6, 6.07) is 35.4. The Hall–Kier alpha value is -4.53. The third kappa shape index (κ3) is 7.70. The fourth-order valence-electron chi connectivity index (χ4n) is 5.38. The van der Waals surface area contributed by atoms with Crippen molar-refractivity contribution in [2.24, 2.45) is 5.92 Å². The van der Waals surface area contributed by atoms with Gasteiger partial charge in [0.05, 0.1) is 29.5 Å². The molecule has 1 fully saturated rings. The largest absolute Gasteiger partial charge is 0.492 e. The summed E-state index contributed by atoms with van der Waals surface area (Å²) in [5, 5.41) is 5.91. The van der Waals surface area contributed by atoms with Gasteiger partial charge in [0.1, 0.15) is 5.75 Å². The van der Waals surface area contributed by atoms with Crippen molar-refractivity contribution in [1.82, 2.24) is 15.1 Å². The Morgan fingerprint density at radius 2 is 1.30 bits per heavy atom. The van der Waals surface area contributed by atoms with E-state index in [9.17, 15) is 9.59 Å². The molecule has 0 radical (unpaired) electrons. The molecule has 226 valence electrons. The molecule has 2 amide bonds. The smallest absolute Gasteiger partial charge is 0.261 e. The van der Waals surface area contributed by atoms with Gasteiger partial charge in [-0.25, -0.2) is 0 Å². The van der Waals surface area contributed by atoms with Gasteiger partial charge >= 0.3 is 0 Å². The van der Waals surface area contributed by atoms with Gasteiger partial charge in [0.15, 0.2) is 5.11 Å². The second-order valence-electron chi connectivity index (χ2n) is 11.2. The van der Waals surface area contributed by atoms with Gasteiger partial charge < -0.3 is 15.0 Å². The Labute approximate surface area is 264 Å². The van der Waals surface area contributed by atoms with Gasteiger partial charge in [-0.15, -0.1) is 0 Å². The number of nitrogens with zero attached hydrogens (tertiary/aromatic N) is 2. The molecule has 5 rings (SSSR count). The Bertz CT molecular complexity index is 1530. The van der Waals surface area contributed by atoms with Crippen molar-refractivity contribution in [2.75, 3.05) is 38.1 Å². The number of carbonyl (C=O) groups is 2.